The highest BCUT2D eigenvalue weighted by molar-refractivity contribution is 6.30. The first kappa shape index (κ1) is 16.6. The summed E-state index contributed by atoms with van der Waals surface area (Å²) in [6.45, 7) is 2.72. The first-order valence-electron chi connectivity index (χ1n) is 8.58. The molecule has 4 nitrogen and oxygen atoms in total. The van der Waals surface area contributed by atoms with Gasteiger partial charge in [-0.15, -0.1) is 0 Å². The van der Waals surface area contributed by atoms with Crippen LogP contribution < -0.4 is 10.2 Å². The van der Waals surface area contributed by atoms with Gasteiger partial charge < -0.3 is 15.3 Å². The van der Waals surface area contributed by atoms with Crippen molar-refractivity contribution in [3.05, 3.63) is 29.3 Å². The number of aliphatic hydroxyl groups excluding tert-OH is 1. The Morgan fingerprint density at radius 3 is 2.78 bits per heavy atom. The molecular weight excluding hydrogens is 312 g/mol. The molecule has 0 radical (unpaired) electrons. The van der Waals surface area contributed by atoms with Crippen LogP contribution in [0.1, 0.15) is 32.1 Å². The Hall–Kier alpha value is -1.26. The van der Waals surface area contributed by atoms with Gasteiger partial charge in [-0.1, -0.05) is 17.7 Å². The molecular formula is C18H25ClN2O2. The third-order valence-electron chi connectivity index (χ3n) is 5.09. The number of hydrogen-bond donors (Lipinski definition) is 2. The molecule has 1 saturated carbocycles. The molecule has 1 aliphatic heterocycles. The topological polar surface area (TPSA) is 52.6 Å². The minimum atomic E-state index is -0.208. The van der Waals surface area contributed by atoms with Gasteiger partial charge in [-0.25, -0.2) is 0 Å². The molecule has 2 aliphatic rings. The Morgan fingerprint density at radius 1 is 1.26 bits per heavy atom. The molecule has 2 fully saturated rings. The molecule has 23 heavy (non-hydrogen) atoms. The fourth-order valence-corrected chi connectivity index (χ4v) is 3.82. The number of carbonyl (C=O) groups is 1. The van der Waals surface area contributed by atoms with Crippen molar-refractivity contribution in [2.75, 3.05) is 24.5 Å². The monoisotopic (exact) mass is 336 g/mol. The van der Waals surface area contributed by atoms with Crippen molar-refractivity contribution < 1.29 is 9.90 Å². The van der Waals surface area contributed by atoms with E-state index in [-0.39, 0.29) is 17.9 Å². The van der Waals surface area contributed by atoms with Crippen molar-refractivity contribution in [1.82, 2.24) is 5.32 Å². The average Bonchev–Trinajstić information content (AvgIpc) is 3.02. The summed E-state index contributed by atoms with van der Waals surface area (Å²) in [7, 11) is 0. The third kappa shape index (κ3) is 4.39. The van der Waals surface area contributed by atoms with E-state index in [2.05, 4.69) is 16.3 Å². The summed E-state index contributed by atoms with van der Waals surface area (Å²) in [5.41, 5.74) is 1.16. The molecule has 1 amide bonds. The van der Waals surface area contributed by atoms with Crippen LogP contribution in [0.25, 0.3) is 0 Å². The molecule has 3 rings (SSSR count). The second-order valence-electron chi connectivity index (χ2n) is 6.83. The fraction of sp³-hybridized carbons (Fsp3) is 0.611. The Morgan fingerprint density at radius 2 is 2.04 bits per heavy atom. The molecule has 0 aromatic heterocycles. The van der Waals surface area contributed by atoms with E-state index in [1.165, 1.54) is 0 Å². The number of nitrogens with zero attached hydrogens (tertiary/aromatic N) is 1. The van der Waals surface area contributed by atoms with Gasteiger partial charge in [0.1, 0.15) is 0 Å². The number of aliphatic hydroxyl groups is 1. The van der Waals surface area contributed by atoms with Gasteiger partial charge in [0, 0.05) is 36.3 Å². The van der Waals surface area contributed by atoms with Crippen LogP contribution in [0, 0.1) is 11.8 Å². The van der Waals surface area contributed by atoms with E-state index in [9.17, 15) is 9.90 Å². The van der Waals surface area contributed by atoms with Crippen LogP contribution in [0.3, 0.4) is 0 Å². The summed E-state index contributed by atoms with van der Waals surface area (Å²) >= 11 is 6.06. The molecule has 1 aliphatic carbocycles. The molecule has 126 valence electrons. The van der Waals surface area contributed by atoms with Crippen molar-refractivity contribution in [1.29, 1.82) is 0 Å². The van der Waals surface area contributed by atoms with E-state index in [0.717, 1.165) is 62.4 Å². The lowest BCUT2D eigenvalue weighted by Crippen LogP contribution is -2.37. The van der Waals surface area contributed by atoms with Crippen molar-refractivity contribution in [2.45, 2.75) is 38.2 Å². The Balaban J connectivity index is 1.44. The number of rotatable bonds is 4. The lowest BCUT2D eigenvalue weighted by atomic mass is 9.87. The molecule has 1 aromatic rings. The molecule has 1 aromatic carbocycles. The molecule has 1 atom stereocenters. The predicted molar refractivity (Wildman–Crippen MR) is 92.7 cm³/mol. The van der Waals surface area contributed by atoms with Gasteiger partial charge in [0.2, 0.25) is 5.91 Å². The molecule has 1 heterocycles. The van der Waals surface area contributed by atoms with Gasteiger partial charge >= 0.3 is 0 Å². The van der Waals surface area contributed by atoms with E-state index in [1.54, 1.807) is 0 Å². The highest BCUT2D eigenvalue weighted by Gasteiger charge is 2.27. The van der Waals surface area contributed by atoms with Crippen LogP contribution in [-0.2, 0) is 4.79 Å². The number of amides is 1. The number of carbonyl (C=O) groups excluding carboxylic acids is 1. The van der Waals surface area contributed by atoms with Gasteiger partial charge in [-0.05, 0) is 56.2 Å². The largest absolute Gasteiger partial charge is 0.393 e. The molecule has 5 heteroatoms. The van der Waals surface area contributed by atoms with Gasteiger partial charge in [-0.2, -0.15) is 0 Å². The minimum absolute atomic E-state index is 0.0869. The second-order valence-corrected chi connectivity index (χ2v) is 7.27. The Labute approximate surface area is 142 Å². The van der Waals surface area contributed by atoms with Gasteiger partial charge in [-0.3, -0.25) is 4.79 Å². The molecule has 0 unspecified atom stereocenters. The molecule has 0 bridgehead atoms. The summed E-state index contributed by atoms with van der Waals surface area (Å²) in [5, 5.41) is 13.4. The van der Waals surface area contributed by atoms with E-state index in [1.807, 2.05) is 18.2 Å². The lowest BCUT2D eigenvalue weighted by Gasteiger charge is -2.25. The quantitative estimate of drug-likeness (QED) is 0.889. The number of anilines is 1. The van der Waals surface area contributed by atoms with E-state index < -0.39 is 0 Å². The van der Waals surface area contributed by atoms with Crippen LogP contribution in [0.5, 0.6) is 0 Å². The first-order chi connectivity index (χ1) is 11.1. The summed E-state index contributed by atoms with van der Waals surface area (Å²) in [6, 6.07) is 7.94. The van der Waals surface area contributed by atoms with Crippen molar-refractivity contribution in [2.24, 2.45) is 11.8 Å². The maximum Gasteiger partial charge on any atom is 0.223 e. The molecule has 0 spiro atoms. The van der Waals surface area contributed by atoms with Gasteiger partial charge in [0.05, 0.1) is 6.10 Å². The summed E-state index contributed by atoms with van der Waals surface area (Å²) in [6.07, 6.45) is 4.02. The minimum Gasteiger partial charge on any atom is -0.393 e. The third-order valence-corrected chi connectivity index (χ3v) is 5.33. The second kappa shape index (κ2) is 7.54. The van der Waals surface area contributed by atoms with Crippen LogP contribution >= 0.6 is 11.6 Å². The van der Waals surface area contributed by atoms with Crippen molar-refractivity contribution in [3.8, 4) is 0 Å². The van der Waals surface area contributed by atoms with Gasteiger partial charge in [0.25, 0.3) is 0 Å². The van der Waals surface area contributed by atoms with Crippen LogP contribution in [-0.4, -0.2) is 36.8 Å². The zero-order chi connectivity index (χ0) is 16.2. The van der Waals surface area contributed by atoms with Gasteiger partial charge in [0.15, 0.2) is 0 Å². The van der Waals surface area contributed by atoms with Crippen LogP contribution in [0.15, 0.2) is 24.3 Å². The first-order valence-corrected chi connectivity index (χ1v) is 8.96. The number of hydrogen-bond acceptors (Lipinski definition) is 3. The normalized spacial score (nSPS) is 27.9. The SMILES string of the molecule is O=C(NC[C@@H]1CCN(c2cccc(Cl)c2)C1)C1CCC(O)CC1. The van der Waals surface area contributed by atoms with Crippen LogP contribution in [0.2, 0.25) is 5.02 Å². The highest BCUT2D eigenvalue weighted by Crippen LogP contribution is 2.27. The van der Waals surface area contributed by atoms with Crippen molar-refractivity contribution in [3.63, 3.8) is 0 Å². The zero-order valence-corrected chi connectivity index (χ0v) is 14.1. The van der Waals surface area contributed by atoms with E-state index >= 15 is 0 Å². The summed E-state index contributed by atoms with van der Waals surface area (Å²) in [5.74, 6) is 0.744. The fourth-order valence-electron chi connectivity index (χ4n) is 3.63. The molecule has 1 saturated heterocycles. The number of nitrogens with one attached hydrogen (secondary N) is 1. The maximum absolute atomic E-state index is 12.2. The molecule has 2 N–H and O–H groups in total. The average molecular weight is 337 g/mol. The highest BCUT2D eigenvalue weighted by atomic mass is 35.5. The summed E-state index contributed by atoms with van der Waals surface area (Å²) in [4.78, 5) is 14.6. The number of halogens is 1. The van der Waals surface area contributed by atoms with E-state index in [4.69, 9.17) is 11.6 Å². The smallest absolute Gasteiger partial charge is 0.223 e. The summed E-state index contributed by atoms with van der Waals surface area (Å²) < 4.78 is 0. The number of benzene rings is 1. The van der Waals surface area contributed by atoms with Crippen molar-refractivity contribution >= 4 is 23.2 Å². The standard InChI is InChI=1S/C18H25ClN2O2/c19-15-2-1-3-16(10-15)21-9-8-13(12-21)11-20-18(23)14-4-6-17(22)7-5-14/h1-3,10,13-14,17,22H,4-9,11-12H2,(H,20,23)/t13-,14?,17?/m0/s1. The predicted octanol–water partition coefficient (Wildman–Crippen LogP) is 2.83. The van der Waals surface area contributed by atoms with E-state index in [0.29, 0.717) is 5.92 Å². The maximum atomic E-state index is 12.2. The lowest BCUT2D eigenvalue weighted by molar-refractivity contribution is -0.126. The van der Waals surface area contributed by atoms with Crippen LogP contribution in [0.4, 0.5) is 5.69 Å². The zero-order valence-electron chi connectivity index (χ0n) is 13.4. The Kier molecular flexibility index (Phi) is 5.44. The Bertz CT molecular complexity index is 544.